The van der Waals surface area contributed by atoms with E-state index < -0.39 is 11.9 Å². The molecule has 1 saturated heterocycles. The molecule has 5 nitrogen and oxygen atoms in total. The zero-order valence-corrected chi connectivity index (χ0v) is 13.1. The van der Waals surface area contributed by atoms with Crippen LogP contribution in [0.25, 0.3) is 0 Å². The molecule has 110 valence electrons. The molecule has 0 radical (unpaired) electrons. The summed E-state index contributed by atoms with van der Waals surface area (Å²) in [6.07, 6.45) is 0.945. The Balaban J connectivity index is 2.21. The smallest absolute Gasteiger partial charge is 0.310 e. The topological polar surface area (TPSA) is 70.6 Å². The summed E-state index contributed by atoms with van der Waals surface area (Å²) >= 11 is 3.48. The van der Waals surface area contributed by atoms with Crippen LogP contribution in [0.3, 0.4) is 0 Å². The number of carboxylic acids is 1. The minimum absolute atomic E-state index is 0.118. The van der Waals surface area contributed by atoms with Crippen molar-refractivity contribution in [1.29, 1.82) is 0 Å². The second-order valence-electron chi connectivity index (χ2n) is 4.96. The Kier molecular flexibility index (Phi) is 5.01. The van der Waals surface area contributed by atoms with Crippen molar-refractivity contribution in [2.24, 2.45) is 5.92 Å². The molecule has 6 heteroatoms. The first-order chi connectivity index (χ1) is 9.54. The molecule has 0 aliphatic carbocycles. The summed E-state index contributed by atoms with van der Waals surface area (Å²) in [6, 6.07) is 5.33. The number of carbonyl (C=O) groups is 1. The quantitative estimate of drug-likeness (QED) is 0.766. The molecule has 1 aromatic carbocycles. The second kappa shape index (κ2) is 6.56. The molecule has 0 bridgehead atoms. The van der Waals surface area contributed by atoms with Gasteiger partial charge in [-0.3, -0.25) is 10.2 Å². The van der Waals surface area contributed by atoms with E-state index >= 15 is 0 Å². The van der Waals surface area contributed by atoms with Gasteiger partial charge in [0.15, 0.2) is 0 Å². The molecule has 0 saturated carbocycles. The van der Waals surface area contributed by atoms with Gasteiger partial charge in [0.2, 0.25) is 0 Å². The lowest BCUT2D eigenvalue weighted by atomic mass is 9.90. The molecule has 1 aromatic rings. The van der Waals surface area contributed by atoms with E-state index in [0.717, 1.165) is 22.2 Å². The molecular weight excluding hydrogens is 324 g/mol. The highest BCUT2D eigenvalue weighted by Gasteiger charge is 2.39. The van der Waals surface area contributed by atoms with Gasteiger partial charge in [0.1, 0.15) is 5.75 Å². The predicted octanol–water partition coefficient (Wildman–Crippen LogP) is 2.48. The Morgan fingerprint density at radius 1 is 1.45 bits per heavy atom. The van der Waals surface area contributed by atoms with Gasteiger partial charge < -0.3 is 9.84 Å². The van der Waals surface area contributed by atoms with Gasteiger partial charge >= 0.3 is 5.97 Å². The number of carboxylic acid groups (broad SMARTS) is 1. The first-order valence-corrected chi connectivity index (χ1v) is 7.50. The molecule has 20 heavy (non-hydrogen) atoms. The second-order valence-corrected chi connectivity index (χ2v) is 5.81. The maximum atomic E-state index is 11.4. The molecule has 3 N–H and O–H groups in total. The third kappa shape index (κ3) is 3.13. The van der Waals surface area contributed by atoms with Crippen LogP contribution in [-0.4, -0.2) is 23.7 Å². The fourth-order valence-electron chi connectivity index (χ4n) is 2.38. The summed E-state index contributed by atoms with van der Waals surface area (Å²) in [6.45, 7) is 4.57. The fraction of sp³-hybridized carbons (Fsp3) is 0.500. The molecule has 3 unspecified atom stereocenters. The SMILES string of the molecule is CCCOc1ccc(C2NNC(C)C2C(=O)O)cc1Br. The number of benzene rings is 1. The number of nitrogens with one attached hydrogen (secondary N) is 2. The van der Waals surface area contributed by atoms with Crippen molar-refractivity contribution in [1.82, 2.24) is 10.9 Å². The number of rotatable bonds is 5. The molecule has 0 spiro atoms. The summed E-state index contributed by atoms with van der Waals surface area (Å²) in [4.78, 5) is 11.4. The molecule has 1 heterocycles. The number of hydrogen-bond donors (Lipinski definition) is 3. The summed E-state index contributed by atoms with van der Waals surface area (Å²) in [5, 5.41) is 9.34. The zero-order chi connectivity index (χ0) is 14.7. The highest BCUT2D eigenvalue weighted by Crippen LogP contribution is 2.34. The van der Waals surface area contributed by atoms with Crippen LogP contribution in [-0.2, 0) is 4.79 Å². The summed E-state index contributed by atoms with van der Waals surface area (Å²) in [5.74, 6) is -0.520. The van der Waals surface area contributed by atoms with Gasteiger partial charge in [-0.15, -0.1) is 0 Å². The first-order valence-electron chi connectivity index (χ1n) is 6.70. The summed E-state index contributed by atoms with van der Waals surface area (Å²) in [5.41, 5.74) is 6.96. The minimum atomic E-state index is -0.803. The van der Waals surface area contributed by atoms with Crippen molar-refractivity contribution in [3.8, 4) is 5.75 Å². The lowest BCUT2D eigenvalue weighted by Gasteiger charge is -2.18. The number of hydrazine groups is 1. The van der Waals surface area contributed by atoms with Gasteiger partial charge in [0.25, 0.3) is 0 Å². The number of aliphatic carboxylic acids is 1. The molecule has 1 aliphatic rings. The molecule has 0 aromatic heterocycles. The molecule has 2 rings (SSSR count). The number of halogens is 1. The Morgan fingerprint density at radius 3 is 2.80 bits per heavy atom. The maximum Gasteiger partial charge on any atom is 0.310 e. The molecule has 1 aliphatic heterocycles. The predicted molar refractivity (Wildman–Crippen MR) is 79.5 cm³/mol. The molecule has 3 atom stereocenters. The minimum Gasteiger partial charge on any atom is -0.492 e. The number of ether oxygens (including phenoxy) is 1. The Labute approximate surface area is 126 Å². The lowest BCUT2D eigenvalue weighted by molar-refractivity contribution is -0.142. The third-order valence-electron chi connectivity index (χ3n) is 3.43. The van der Waals surface area contributed by atoms with Crippen LogP contribution >= 0.6 is 15.9 Å². The van der Waals surface area contributed by atoms with Gasteiger partial charge in [-0.2, -0.15) is 0 Å². The van der Waals surface area contributed by atoms with Crippen molar-refractivity contribution in [3.05, 3.63) is 28.2 Å². The lowest BCUT2D eigenvalue weighted by Crippen LogP contribution is -2.30. The standard InChI is InChI=1S/C14H19BrN2O3/c1-3-6-20-11-5-4-9(7-10(11)15)13-12(14(18)19)8(2)16-17-13/h4-5,7-8,12-13,16-17H,3,6H2,1-2H3,(H,18,19). The first kappa shape index (κ1) is 15.3. The van der Waals surface area contributed by atoms with Crippen molar-refractivity contribution < 1.29 is 14.6 Å². The van der Waals surface area contributed by atoms with Crippen LogP contribution in [0, 0.1) is 5.92 Å². The van der Waals surface area contributed by atoms with Crippen molar-refractivity contribution in [2.45, 2.75) is 32.4 Å². The van der Waals surface area contributed by atoms with Gasteiger partial charge in [0, 0.05) is 6.04 Å². The Morgan fingerprint density at radius 2 is 2.20 bits per heavy atom. The maximum absolute atomic E-state index is 11.4. The molecule has 0 amide bonds. The number of hydrogen-bond acceptors (Lipinski definition) is 4. The van der Waals surface area contributed by atoms with Crippen molar-refractivity contribution in [2.75, 3.05) is 6.61 Å². The zero-order valence-electron chi connectivity index (χ0n) is 11.5. The highest BCUT2D eigenvalue weighted by molar-refractivity contribution is 9.10. The monoisotopic (exact) mass is 342 g/mol. The average molecular weight is 343 g/mol. The van der Waals surface area contributed by atoms with Crippen molar-refractivity contribution >= 4 is 21.9 Å². The van der Waals surface area contributed by atoms with E-state index in [0.29, 0.717) is 6.61 Å². The Bertz CT molecular complexity index is 495. The highest BCUT2D eigenvalue weighted by atomic mass is 79.9. The van der Waals surface area contributed by atoms with E-state index in [4.69, 9.17) is 4.74 Å². The van der Waals surface area contributed by atoms with E-state index in [1.54, 1.807) is 0 Å². The van der Waals surface area contributed by atoms with Gasteiger partial charge in [-0.25, -0.2) is 5.43 Å². The van der Waals surface area contributed by atoms with E-state index in [2.05, 4.69) is 33.7 Å². The van der Waals surface area contributed by atoms with Gasteiger partial charge in [-0.05, 0) is 47.0 Å². The van der Waals surface area contributed by atoms with Crippen molar-refractivity contribution in [3.63, 3.8) is 0 Å². The Hall–Kier alpha value is -1.11. The van der Waals surface area contributed by atoms with Crippen LogP contribution in [0.2, 0.25) is 0 Å². The van der Waals surface area contributed by atoms with Crippen LogP contribution in [0.15, 0.2) is 22.7 Å². The van der Waals surface area contributed by atoms with E-state index in [9.17, 15) is 9.90 Å². The van der Waals surface area contributed by atoms with E-state index in [1.165, 1.54) is 0 Å². The molecular formula is C14H19BrN2O3. The average Bonchev–Trinajstić information content (AvgIpc) is 2.79. The van der Waals surface area contributed by atoms with Crippen LogP contribution in [0.1, 0.15) is 31.9 Å². The normalized spacial score (nSPS) is 25.6. The summed E-state index contributed by atoms with van der Waals surface area (Å²) < 4.78 is 6.44. The summed E-state index contributed by atoms with van der Waals surface area (Å²) in [7, 11) is 0. The van der Waals surface area contributed by atoms with Crippen LogP contribution in [0.5, 0.6) is 5.75 Å². The van der Waals surface area contributed by atoms with Crippen LogP contribution < -0.4 is 15.6 Å². The molecule has 1 fully saturated rings. The van der Waals surface area contributed by atoms with E-state index in [-0.39, 0.29) is 12.1 Å². The fourth-order valence-corrected chi connectivity index (χ4v) is 2.89. The third-order valence-corrected chi connectivity index (χ3v) is 4.05. The van der Waals surface area contributed by atoms with Crippen LogP contribution in [0.4, 0.5) is 0 Å². The largest absolute Gasteiger partial charge is 0.492 e. The van der Waals surface area contributed by atoms with E-state index in [1.807, 2.05) is 25.1 Å². The van der Waals surface area contributed by atoms with Gasteiger partial charge in [-0.1, -0.05) is 13.0 Å². The van der Waals surface area contributed by atoms with Gasteiger partial charge in [0.05, 0.1) is 23.0 Å².